The molecule has 2 rings (SSSR count). The first-order valence-corrected chi connectivity index (χ1v) is 6.68. The largest absolute Gasteiger partial charge is 0.504 e. The van der Waals surface area contributed by atoms with Crippen molar-refractivity contribution in [2.24, 2.45) is 5.92 Å². The maximum absolute atomic E-state index is 11.9. The zero-order chi connectivity index (χ0) is 13.7. The third-order valence-electron chi connectivity index (χ3n) is 3.56. The number of phenolic OH excluding ortho intramolecular Hbond substituents is 2. The lowest BCUT2D eigenvalue weighted by Crippen LogP contribution is -2.31. The van der Waals surface area contributed by atoms with Crippen LogP contribution in [0.1, 0.15) is 29.6 Å². The Hall–Kier alpha value is -1.75. The first-order valence-electron chi connectivity index (χ1n) is 6.68. The van der Waals surface area contributed by atoms with Gasteiger partial charge in [0, 0.05) is 6.54 Å². The van der Waals surface area contributed by atoms with E-state index in [9.17, 15) is 15.0 Å². The Balaban J connectivity index is 1.82. The van der Waals surface area contributed by atoms with Gasteiger partial charge in [0.2, 0.25) is 0 Å². The number of carbonyl (C=O) groups excluding carboxylic acids is 1. The molecule has 1 aliphatic heterocycles. The fraction of sp³-hybridized carbons (Fsp3) is 0.500. The maximum Gasteiger partial charge on any atom is 0.255 e. The number of piperidine rings is 1. The molecule has 1 saturated heterocycles. The number of phenols is 2. The second-order valence-corrected chi connectivity index (χ2v) is 4.91. The van der Waals surface area contributed by atoms with Gasteiger partial charge in [0.15, 0.2) is 11.5 Å². The Kier molecular flexibility index (Phi) is 4.63. The van der Waals surface area contributed by atoms with E-state index in [4.69, 9.17) is 0 Å². The van der Waals surface area contributed by atoms with Crippen LogP contribution >= 0.6 is 0 Å². The van der Waals surface area contributed by atoms with Crippen molar-refractivity contribution in [3.8, 4) is 11.5 Å². The van der Waals surface area contributed by atoms with E-state index in [2.05, 4.69) is 10.6 Å². The molecule has 1 fully saturated rings. The molecule has 0 bridgehead atoms. The number of hydrogen-bond acceptors (Lipinski definition) is 4. The number of para-hydroxylation sites is 1. The van der Waals surface area contributed by atoms with Gasteiger partial charge in [-0.1, -0.05) is 6.07 Å². The van der Waals surface area contributed by atoms with Crippen LogP contribution < -0.4 is 10.6 Å². The van der Waals surface area contributed by atoms with Gasteiger partial charge in [-0.25, -0.2) is 0 Å². The Morgan fingerprint density at radius 3 is 2.79 bits per heavy atom. The normalized spacial score (nSPS) is 16.2. The minimum atomic E-state index is -0.359. The number of benzene rings is 1. The van der Waals surface area contributed by atoms with Crippen molar-refractivity contribution in [3.63, 3.8) is 0 Å². The second kappa shape index (κ2) is 6.43. The highest BCUT2D eigenvalue weighted by Gasteiger charge is 2.15. The summed E-state index contributed by atoms with van der Waals surface area (Å²) in [6.07, 6.45) is 3.24. The van der Waals surface area contributed by atoms with Crippen molar-refractivity contribution >= 4 is 5.91 Å². The van der Waals surface area contributed by atoms with Crippen molar-refractivity contribution in [2.45, 2.75) is 19.3 Å². The fourth-order valence-corrected chi connectivity index (χ4v) is 2.37. The lowest BCUT2D eigenvalue weighted by Gasteiger charge is -2.22. The highest BCUT2D eigenvalue weighted by atomic mass is 16.3. The van der Waals surface area contributed by atoms with Crippen LogP contribution in [-0.4, -0.2) is 35.8 Å². The molecule has 0 aromatic heterocycles. The quantitative estimate of drug-likeness (QED) is 0.616. The van der Waals surface area contributed by atoms with E-state index in [1.54, 1.807) is 0 Å². The van der Waals surface area contributed by atoms with Crippen molar-refractivity contribution in [1.82, 2.24) is 10.6 Å². The summed E-state index contributed by atoms with van der Waals surface area (Å²) in [4.78, 5) is 11.9. The highest BCUT2D eigenvalue weighted by Crippen LogP contribution is 2.27. The van der Waals surface area contributed by atoms with Crippen LogP contribution in [0.4, 0.5) is 0 Å². The number of carbonyl (C=O) groups is 1. The van der Waals surface area contributed by atoms with Crippen LogP contribution in [0.25, 0.3) is 0 Å². The zero-order valence-corrected chi connectivity index (χ0v) is 10.9. The van der Waals surface area contributed by atoms with Crippen LogP contribution in [0.15, 0.2) is 18.2 Å². The predicted molar refractivity (Wildman–Crippen MR) is 72.3 cm³/mol. The molecule has 5 nitrogen and oxygen atoms in total. The molecule has 1 heterocycles. The summed E-state index contributed by atoms with van der Waals surface area (Å²) in [6.45, 7) is 2.69. The van der Waals surface area contributed by atoms with Gasteiger partial charge in [-0.05, 0) is 50.4 Å². The van der Waals surface area contributed by atoms with Crippen LogP contribution in [0.3, 0.4) is 0 Å². The molecule has 4 N–H and O–H groups in total. The van der Waals surface area contributed by atoms with Gasteiger partial charge in [0.05, 0.1) is 5.56 Å². The van der Waals surface area contributed by atoms with Gasteiger partial charge in [-0.3, -0.25) is 4.79 Å². The summed E-state index contributed by atoms with van der Waals surface area (Å²) >= 11 is 0. The van der Waals surface area contributed by atoms with Gasteiger partial charge in [-0.2, -0.15) is 0 Å². The van der Waals surface area contributed by atoms with Gasteiger partial charge < -0.3 is 20.8 Å². The first-order chi connectivity index (χ1) is 9.18. The number of rotatable bonds is 4. The summed E-state index contributed by atoms with van der Waals surface area (Å²) < 4.78 is 0. The molecule has 0 unspecified atom stereocenters. The maximum atomic E-state index is 11.9. The Morgan fingerprint density at radius 2 is 2.05 bits per heavy atom. The average Bonchev–Trinajstić information content (AvgIpc) is 2.43. The minimum absolute atomic E-state index is 0.116. The van der Waals surface area contributed by atoms with Gasteiger partial charge in [-0.15, -0.1) is 0 Å². The summed E-state index contributed by atoms with van der Waals surface area (Å²) in [5, 5.41) is 25.0. The monoisotopic (exact) mass is 264 g/mol. The van der Waals surface area contributed by atoms with Crippen LogP contribution in [0, 0.1) is 5.92 Å². The van der Waals surface area contributed by atoms with E-state index in [-0.39, 0.29) is 23.0 Å². The summed E-state index contributed by atoms with van der Waals surface area (Å²) in [7, 11) is 0. The summed E-state index contributed by atoms with van der Waals surface area (Å²) in [5.74, 6) is -0.325. The third-order valence-corrected chi connectivity index (χ3v) is 3.56. The van der Waals surface area contributed by atoms with E-state index in [0.29, 0.717) is 12.5 Å². The molecule has 0 radical (unpaired) electrons. The molecule has 0 atom stereocenters. The molecule has 0 aliphatic carbocycles. The lowest BCUT2D eigenvalue weighted by molar-refractivity contribution is 0.0947. The first kappa shape index (κ1) is 13.7. The molecule has 19 heavy (non-hydrogen) atoms. The van der Waals surface area contributed by atoms with E-state index in [0.717, 1.165) is 32.4 Å². The fourth-order valence-electron chi connectivity index (χ4n) is 2.37. The summed E-state index contributed by atoms with van der Waals surface area (Å²) in [5.41, 5.74) is 0.116. The number of hydrogen-bond donors (Lipinski definition) is 4. The number of amides is 1. The standard InChI is InChI=1S/C14H20N2O3/c17-12-3-1-2-11(13(12)18)14(19)16-9-6-10-4-7-15-8-5-10/h1-3,10,15,17-18H,4-9H2,(H,16,19). The van der Waals surface area contributed by atoms with Crippen LogP contribution in [-0.2, 0) is 0 Å². The molecule has 0 saturated carbocycles. The molecular formula is C14H20N2O3. The van der Waals surface area contributed by atoms with E-state index in [1.165, 1.54) is 18.2 Å². The Morgan fingerprint density at radius 1 is 1.32 bits per heavy atom. The molecule has 104 valence electrons. The molecule has 0 spiro atoms. The van der Waals surface area contributed by atoms with E-state index < -0.39 is 0 Å². The molecule has 1 aromatic rings. The van der Waals surface area contributed by atoms with E-state index in [1.807, 2.05) is 0 Å². The smallest absolute Gasteiger partial charge is 0.255 e. The van der Waals surface area contributed by atoms with Gasteiger partial charge in [0.25, 0.3) is 5.91 Å². The summed E-state index contributed by atoms with van der Waals surface area (Å²) in [6, 6.07) is 4.38. The topological polar surface area (TPSA) is 81.6 Å². The lowest BCUT2D eigenvalue weighted by atomic mass is 9.95. The molecule has 1 aromatic carbocycles. The zero-order valence-electron chi connectivity index (χ0n) is 10.9. The van der Waals surface area contributed by atoms with E-state index >= 15 is 0 Å². The van der Waals surface area contributed by atoms with Crippen LogP contribution in [0.5, 0.6) is 11.5 Å². The Labute approximate surface area is 112 Å². The second-order valence-electron chi connectivity index (χ2n) is 4.91. The molecular weight excluding hydrogens is 244 g/mol. The number of nitrogens with one attached hydrogen (secondary N) is 2. The van der Waals surface area contributed by atoms with Crippen molar-refractivity contribution < 1.29 is 15.0 Å². The van der Waals surface area contributed by atoms with Crippen molar-refractivity contribution in [2.75, 3.05) is 19.6 Å². The Bertz CT molecular complexity index is 442. The predicted octanol–water partition coefficient (Wildman–Crippen LogP) is 1.22. The average molecular weight is 264 g/mol. The molecule has 5 heteroatoms. The van der Waals surface area contributed by atoms with Crippen molar-refractivity contribution in [3.05, 3.63) is 23.8 Å². The molecule has 1 aliphatic rings. The highest BCUT2D eigenvalue weighted by molar-refractivity contribution is 5.97. The van der Waals surface area contributed by atoms with Crippen LogP contribution in [0.2, 0.25) is 0 Å². The molecule has 1 amide bonds. The van der Waals surface area contributed by atoms with Gasteiger partial charge in [0.1, 0.15) is 0 Å². The third kappa shape index (κ3) is 3.61. The number of aromatic hydroxyl groups is 2. The van der Waals surface area contributed by atoms with Gasteiger partial charge >= 0.3 is 0 Å². The SMILES string of the molecule is O=C(NCCC1CCNCC1)c1cccc(O)c1O. The van der Waals surface area contributed by atoms with Crippen molar-refractivity contribution in [1.29, 1.82) is 0 Å². The minimum Gasteiger partial charge on any atom is -0.504 e.